The van der Waals surface area contributed by atoms with Crippen LogP contribution in [0.3, 0.4) is 0 Å². The van der Waals surface area contributed by atoms with Crippen LogP contribution in [0.15, 0.2) is 60.9 Å². The van der Waals surface area contributed by atoms with Crippen LogP contribution in [0, 0.1) is 0 Å². The van der Waals surface area contributed by atoms with Crippen LogP contribution in [0.1, 0.15) is 21.5 Å². The van der Waals surface area contributed by atoms with Gasteiger partial charge < -0.3 is 11.1 Å². The Morgan fingerprint density at radius 3 is 2.71 bits per heavy atom. The summed E-state index contributed by atoms with van der Waals surface area (Å²) in [5.41, 5.74) is 8.59. The molecule has 0 saturated carbocycles. The molecular formula is C18H17ClN4O. The summed E-state index contributed by atoms with van der Waals surface area (Å²) in [5.74, 6) is -0.481. The highest BCUT2D eigenvalue weighted by Crippen LogP contribution is 2.23. The zero-order valence-corrected chi connectivity index (χ0v) is 13.7. The molecule has 6 heteroatoms. The molecule has 0 aliphatic carbocycles. The number of carbonyl (C=O) groups is 1. The average Bonchev–Trinajstić information content (AvgIpc) is 3.02. The number of anilines is 1. The first-order chi connectivity index (χ1) is 11.6. The van der Waals surface area contributed by atoms with Crippen LogP contribution in [0.4, 0.5) is 5.69 Å². The van der Waals surface area contributed by atoms with Gasteiger partial charge in [-0.2, -0.15) is 5.10 Å². The zero-order valence-electron chi connectivity index (χ0n) is 12.9. The van der Waals surface area contributed by atoms with Crippen molar-refractivity contribution in [2.24, 2.45) is 5.73 Å². The summed E-state index contributed by atoms with van der Waals surface area (Å²) < 4.78 is 1.88. The molecule has 2 aromatic carbocycles. The third-order valence-corrected chi connectivity index (χ3v) is 3.94. The van der Waals surface area contributed by atoms with Crippen molar-refractivity contribution in [2.45, 2.75) is 13.1 Å². The number of nitrogens with zero attached hydrogens (tertiary/aromatic N) is 2. The fourth-order valence-corrected chi connectivity index (χ4v) is 2.55. The van der Waals surface area contributed by atoms with E-state index in [9.17, 15) is 4.79 Å². The second-order valence-corrected chi connectivity index (χ2v) is 5.85. The summed E-state index contributed by atoms with van der Waals surface area (Å²) in [6, 6.07) is 15.1. The number of rotatable bonds is 6. The Labute approximate surface area is 145 Å². The maximum Gasteiger partial charge on any atom is 0.248 e. The van der Waals surface area contributed by atoms with Gasteiger partial charge in [0.25, 0.3) is 0 Å². The summed E-state index contributed by atoms with van der Waals surface area (Å²) in [5, 5.41) is 8.11. The molecule has 5 nitrogen and oxygen atoms in total. The molecule has 1 heterocycles. The van der Waals surface area contributed by atoms with E-state index in [1.165, 1.54) is 5.56 Å². The Bertz CT molecular complexity index is 845. The highest BCUT2D eigenvalue weighted by molar-refractivity contribution is 6.33. The smallest absolute Gasteiger partial charge is 0.248 e. The maximum atomic E-state index is 11.3. The number of carbonyl (C=O) groups excluding carboxylic acids is 1. The van der Waals surface area contributed by atoms with E-state index in [0.29, 0.717) is 22.8 Å². The molecule has 0 unspecified atom stereocenters. The van der Waals surface area contributed by atoms with Gasteiger partial charge in [-0.25, -0.2) is 0 Å². The number of hydrogen-bond donors (Lipinski definition) is 2. The minimum absolute atomic E-state index is 0.418. The SMILES string of the molecule is NC(=O)c1ccc(Cl)c(NCc2cnn(Cc3ccccc3)c2)c1. The number of amides is 1. The van der Waals surface area contributed by atoms with Crippen molar-refractivity contribution in [2.75, 3.05) is 5.32 Å². The number of aromatic nitrogens is 2. The molecule has 0 saturated heterocycles. The lowest BCUT2D eigenvalue weighted by Gasteiger charge is -2.08. The number of nitrogens with one attached hydrogen (secondary N) is 1. The minimum atomic E-state index is -0.481. The Kier molecular flexibility index (Phi) is 4.82. The van der Waals surface area contributed by atoms with Crippen LogP contribution >= 0.6 is 11.6 Å². The van der Waals surface area contributed by atoms with Gasteiger partial charge in [-0.15, -0.1) is 0 Å². The average molecular weight is 341 g/mol. The molecule has 0 atom stereocenters. The van der Waals surface area contributed by atoms with Crippen LogP contribution in [0.25, 0.3) is 0 Å². The van der Waals surface area contributed by atoms with Crippen molar-refractivity contribution >= 4 is 23.2 Å². The maximum absolute atomic E-state index is 11.3. The normalized spacial score (nSPS) is 10.5. The molecule has 24 heavy (non-hydrogen) atoms. The molecule has 0 aliphatic heterocycles. The van der Waals surface area contributed by atoms with Crippen molar-refractivity contribution in [3.8, 4) is 0 Å². The van der Waals surface area contributed by atoms with Gasteiger partial charge in [-0.3, -0.25) is 9.48 Å². The molecule has 1 aromatic heterocycles. The number of benzene rings is 2. The molecule has 0 radical (unpaired) electrons. The third-order valence-electron chi connectivity index (χ3n) is 3.61. The van der Waals surface area contributed by atoms with E-state index in [-0.39, 0.29) is 0 Å². The lowest BCUT2D eigenvalue weighted by atomic mass is 10.2. The first-order valence-corrected chi connectivity index (χ1v) is 7.88. The van der Waals surface area contributed by atoms with Gasteiger partial charge in [0.1, 0.15) is 0 Å². The van der Waals surface area contributed by atoms with Crippen LogP contribution in [0.2, 0.25) is 5.02 Å². The van der Waals surface area contributed by atoms with Crippen LogP contribution < -0.4 is 11.1 Å². The predicted molar refractivity (Wildman–Crippen MR) is 95.1 cm³/mol. The molecule has 0 spiro atoms. The van der Waals surface area contributed by atoms with Gasteiger partial charge in [-0.05, 0) is 23.8 Å². The Morgan fingerprint density at radius 1 is 1.17 bits per heavy atom. The third kappa shape index (κ3) is 3.94. The van der Waals surface area contributed by atoms with E-state index >= 15 is 0 Å². The molecule has 3 rings (SSSR count). The summed E-state index contributed by atoms with van der Waals surface area (Å²) in [4.78, 5) is 11.3. The van der Waals surface area contributed by atoms with Crippen molar-refractivity contribution < 1.29 is 4.79 Å². The number of nitrogens with two attached hydrogens (primary N) is 1. The standard InChI is InChI=1S/C18H17ClN4O/c19-16-7-6-15(18(20)24)8-17(16)21-9-14-10-22-23(12-14)11-13-4-2-1-3-5-13/h1-8,10,12,21H,9,11H2,(H2,20,24). The lowest BCUT2D eigenvalue weighted by molar-refractivity contribution is 0.100. The lowest BCUT2D eigenvalue weighted by Crippen LogP contribution is -2.11. The molecule has 3 N–H and O–H groups in total. The van der Waals surface area contributed by atoms with Crippen LogP contribution in [-0.2, 0) is 13.1 Å². The second-order valence-electron chi connectivity index (χ2n) is 5.44. The monoisotopic (exact) mass is 340 g/mol. The number of hydrogen-bond acceptors (Lipinski definition) is 3. The first kappa shape index (κ1) is 16.1. The van der Waals surface area contributed by atoms with Crippen molar-refractivity contribution in [1.82, 2.24) is 9.78 Å². The Hall–Kier alpha value is -2.79. The summed E-state index contributed by atoms with van der Waals surface area (Å²) in [7, 11) is 0. The molecule has 122 valence electrons. The van der Waals surface area contributed by atoms with Crippen LogP contribution in [-0.4, -0.2) is 15.7 Å². The summed E-state index contributed by atoms with van der Waals surface area (Å²) >= 11 is 6.14. The zero-order chi connectivity index (χ0) is 16.9. The Balaban J connectivity index is 1.65. The first-order valence-electron chi connectivity index (χ1n) is 7.50. The summed E-state index contributed by atoms with van der Waals surface area (Å²) in [6.07, 6.45) is 3.79. The molecule has 1 amide bonds. The van der Waals surface area contributed by atoms with E-state index in [4.69, 9.17) is 17.3 Å². The Morgan fingerprint density at radius 2 is 1.96 bits per heavy atom. The summed E-state index contributed by atoms with van der Waals surface area (Å²) in [6.45, 7) is 1.27. The van der Waals surface area contributed by atoms with Crippen molar-refractivity contribution in [3.05, 3.63) is 82.6 Å². The molecule has 0 aliphatic rings. The van der Waals surface area contributed by atoms with Crippen LogP contribution in [0.5, 0.6) is 0 Å². The van der Waals surface area contributed by atoms with E-state index in [2.05, 4.69) is 22.5 Å². The highest BCUT2D eigenvalue weighted by Gasteiger charge is 2.06. The largest absolute Gasteiger partial charge is 0.380 e. The quantitative estimate of drug-likeness (QED) is 0.723. The highest BCUT2D eigenvalue weighted by atomic mass is 35.5. The molecule has 3 aromatic rings. The molecular weight excluding hydrogens is 324 g/mol. The van der Waals surface area contributed by atoms with Gasteiger partial charge in [0, 0.05) is 23.9 Å². The van der Waals surface area contributed by atoms with E-state index in [1.807, 2.05) is 35.3 Å². The predicted octanol–water partition coefficient (Wildman–Crippen LogP) is 3.30. The number of primary amides is 1. The molecule has 0 fully saturated rings. The minimum Gasteiger partial charge on any atom is -0.380 e. The van der Waals surface area contributed by atoms with Gasteiger partial charge in [0.05, 0.1) is 23.5 Å². The fraction of sp³-hybridized carbons (Fsp3) is 0.111. The van der Waals surface area contributed by atoms with Gasteiger partial charge in [0.2, 0.25) is 5.91 Å². The molecule has 0 bridgehead atoms. The van der Waals surface area contributed by atoms with Crippen molar-refractivity contribution in [1.29, 1.82) is 0 Å². The van der Waals surface area contributed by atoms with E-state index in [1.54, 1.807) is 18.2 Å². The topological polar surface area (TPSA) is 72.9 Å². The fourth-order valence-electron chi connectivity index (χ4n) is 2.37. The van der Waals surface area contributed by atoms with Crippen molar-refractivity contribution in [3.63, 3.8) is 0 Å². The van der Waals surface area contributed by atoms with E-state index < -0.39 is 5.91 Å². The van der Waals surface area contributed by atoms with Gasteiger partial charge >= 0.3 is 0 Å². The second kappa shape index (κ2) is 7.19. The van der Waals surface area contributed by atoms with E-state index in [0.717, 1.165) is 12.1 Å². The number of halogens is 1. The van der Waals surface area contributed by atoms with Gasteiger partial charge in [0.15, 0.2) is 0 Å². The van der Waals surface area contributed by atoms with Gasteiger partial charge in [-0.1, -0.05) is 41.9 Å².